The lowest BCUT2D eigenvalue weighted by molar-refractivity contribution is -0.130. The summed E-state index contributed by atoms with van der Waals surface area (Å²) in [5.74, 6) is 0.826. The van der Waals surface area contributed by atoms with Gasteiger partial charge in [-0.15, -0.1) is 0 Å². The summed E-state index contributed by atoms with van der Waals surface area (Å²) < 4.78 is 5.31. The van der Waals surface area contributed by atoms with Gasteiger partial charge in [-0.3, -0.25) is 10.1 Å². The van der Waals surface area contributed by atoms with Crippen LogP contribution < -0.4 is 5.32 Å². The normalized spacial score (nSPS) is 25.0. The third-order valence-corrected chi connectivity index (χ3v) is 3.06. The van der Waals surface area contributed by atoms with Gasteiger partial charge in [0, 0.05) is 19.8 Å². The molecular formula is C13H26N2O2. The van der Waals surface area contributed by atoms with Crippen molar-refractivity contribution in [2.75, 3.05) is 19.8 Å². The molecule has 0 aromatic carbocycles. The molecule has 1 heterocycles. The lowest BCUT2D eigenvalue weighted by Gasteiger charge is -2.25. The first-order chi connectivity index (χ1) is 8.06. The maximum atomic E-state index is 12.0. The second-order valence-corrected chi connectivity index (χ2v) is 5.12. The predicted octanol–water partition coefficient (Wildman–Crippen LogP) is 1.61. The molecular weight excluding hydrogens is 216 g/mol. The standard InChI is InChI=1S/C13H26N2O2/c1-5-17-8-6-7-15-12(9-10(2)3)14-11(4)13(15)16/h10-12,14H,5-9H2,1-4H3. The summed E-state index contributed by atoms with van der Waals surface area (Å²) in [7, 11) is 0. The van der Waals surface area contributed by atoms with Crippen LogP contribution >= 0.6 is 0 Å². The van der Waals surface area contributed by atoms with Crippen LogP contribution in [0.4, 0.5) is 0 Å². The molecule has 0 saturated carbocycles. The van der Waals surface area contributed by atoms with Gasteiger partial charge >= 0.3 is 0 Å². The van der Waals surface area contributed by atoms with E-state index in [0.29, 0.717) is 5.92 Å². The lowest BCUT2D eigenvalue weighted by Crippen LogP contribution is -2.39. The Kier molecular flexibility index (Phi) is 5.92. The molecule has 1 rings (SSSR count). The molecule has 4 heteroatoms. The number of nitrogens with zero attached hydrogens (tertiary/aromatic N) is 1. The van der Waals surface area contributed by atoms with Crippen molar-refractivity contribution < 1.29 is 9.53 Å². The number of ether oxygens (including phenoxy) is 1. The minimum absolute atomic E-state index is 0.0363. The molecule has 0 aromatic rings. The van der Waals surface area contributed by atoms with Crippen LogP contribution in [0.1, 0.15) is 40.5 Å². The second-order valence-electron chi connectivity index (χ2n) is 5.12. The second kappa shape index (κ2) is 6.97. The number of carbonyl (C=O) groups excluding carboxylic acids is 1. The molecule has 4 nitrogen and oxygen atoms in total. The van der Waals surface area contributed by atoms with Gasteiger partial charge in [0.15, 0.2) is 0 Å². The van der Waals surface area contributed by atoms with Gasteiger partial charge in [-0.1, -0.05) is 13.8 Å². The van der Waals surface area contributed by atoms with Gasteiger partial charge in [0.2, 0.25) is 5.91 Å². The Labute approximate surface area is 105 Å². The zero-order valence-corrected chi connectivity index (χ0v) is 11.5. The van der Waals surface area contributed by atoms with Gasteiger partial charge in [-0.05, 0) is 32.6 Å². The van der Waals surface area contributed by atoms with Crippen LogP contribution in [0.5, 0.6) is 0 Å². The summed E-state index contributed by atoms with van der Waals surface area (Å²) in [5, 5.41) is 3.36. The van der Waals surface area contributed by atoms with E-state index in [1.54, 1.807) is 0 Å². The quantitative estimate of drug-likeness (QED) is 0.690. The maximum Gasteiger partial charge on any atom is 0.240 e. The first kappa shape index (κ1) is 14.5. The van der Waals surface area contributed by atoms with Crippen molar-refractivity contribution in [3.8, 4) is 0 Å². The first-order valence-electron chi connectivity index (χ1n) is 6.70. The predicted molar refractivity (Wildman–Crippen MR) is 68.7 cm³/mol. The van der Waals surface area contributed by atoms with E-state index in [2.05, 4.69) is 19.2 Å². The monoisotopic (exact) mass is 242 g/mol. The third-order valence-electron chi connectivity index (χ3n) is 3.06. The highest BCUT2D eigenvalue weighted by Gasteiger charge is 2.35. The summed E-state index contributed by atoms with van der Waals surface area (Å²) in [5.41, 5.74) is 0. The van der Waals surface area contributed by atoms with Crippen LogP contribution in [0, 0.1) is 5.92 Å². The molecule has 0 spiro atoms. The van der Waals surface area contributed by atoms with Gasteiger partial charge in [0.25, 0.3) is 0 Å². The molecule has 1 fully saturated rings. The highest BCUT2D eigenvalue weighted by atomic mass is 16.5. The molecule has 0 aromatic heterocycles. The number of rotatable bonds is 7. The topological polar surface area (TPSA) is 41.6 Å². The molecule has 0 radical (unpaired) electrons. The number of hydrogen-bond donors (Lipinski definition) is 1. The van der Waals surface area contributed by atoms with Gasteiger partial charge < -0.3 is 9.64 Å². The van der Waals surface area contributed by atoms with Gasteiger partial charge in [-0.2, -0.15) is 0 Å². The maximum absolute atomic E-state index is 12.0. The Morgan fingerprint density at radius 1 is 1.47 bits per heavy atom. The summed E-state index contributed by atoms with van der Waals surface area (Å²) >= 11 is 0. The molecule has 2 atom stereocenters. The van der Waals surface area contributed by atoms with Crippen molar-refractivity contribution >= 4 is 5.91 Å². The fourth-order valence-corrected chi connectivity index (χ4v) is 2.24. The van der Waals surface area contributed by atoms with Crippen molar-refractivity contribution in [3.63, 3.8) is 0 Å². The SMILES string of the molecule is CCOCCCN1C(=O)C(C)NC1CC(C)C. The smallest absolute Gasteiger partial charge is 0.240 e. The Hall–Kier alpha value is -0.610. The average Bonchev–Trinajstić information content (AvgIpc) is 2.50. The highest BCUT2D eigenvalue weighted by molar-refractivity contribution is 5.83. The Morgan fingerprint density at radius 2 is 2.18 bits per heavy atom. The van der Waals surface area contributed by atoms with Crippen molar-refractivity contribution in [1.82, 2.24) is 10.2 Å². The lowest BCUT2D eigenvalue weighted by atomic mass is 10.1. The van der Waals surface area contributed by atoms with Crippen LogP contribution in [-0.4, -0.2) is 42.8 Å². The van der Waals surface area contributed by atoms with Crippen molar-refractivity contribution in [1.29, 1.82) is 0 Å². The van der Waals surface area contributed by atoms with Crippen LogP contribution in [0.2, 0.25) is 0 Å². The molecule has 100 valence electrons. The van der Waals surface area contributed by atoms with Crippen molar-refractivity contribution in [2.24, 2.45) is 5.92 Å². The van der Waals surface area contributed by atoms with Crippen LogP contribution in [-0.2, 0) is 9.53 Å². The van der Waals surface area contributed by atoms with Crippen molar-refractivity contribution in [2.45, 2.75) is 52.7 Å². The molecule has 1 aliphatic rings. The van der Waals surface area contributed by atoms with E-state index in [0.717, 1.165) is 32.6 Å². The van der Waals surface area contributed by atoms with Crippen molar-refractivity contribution in [3.05, 3.63) is 0 Å². The summed E-state index contributed by atoms with van der Waals surface area (Å²) in [4.78, 5) is 14.0. The molecule has 17 heavy (non-hydrogen) atoms. The molecule has 0 bridgehead atoms. The fourth-order valence-electron chi connectivity index (χ4n) is 2.24. The molecule has 1 amide bonds. The van der Waals surface area contributed by atoms with Crippen LogP contribution in [0.3, 0.4) is 0 Å². The minimum Gasteiger partial charge on any atom is -0.382 e. The zero-order chi connectivity index (χ0) is 12.8. The molecule has 1 aliphatic heterocycles. The van der Waals surface area contributed by atoms with Crippen LogP contribution in [0.15, 0.2) is 0 Å². The largest absolute Gasteiger partial charge is 0.382 e. The molecule has 1 N–H and O–H groups in total. The van der Waals surface area contributed by atoms with E-state index in [4.69, 9.17) is 4.74 Å². The van der Waals surface area contributed by atoms with E-state index in [-0.39, 0.29) is 18.1 Å². The molecule has 1 saturated heterocycles. The first-order valence-corrected chi connectivity index (χ1v) is 6.70. The third kappa shape index (κ3) is 4.28. The van der Waals surface area contributed by atoms with Gasteiger partial charge in [0.05, 0.1) is 12.2 Å². The summed E-state index contributed by atoms with van der Waals surface area (Å²) in [6.07, 6.45) is 2.15. The average molecular weight is 242 g/mol. The van der Waals surface area contributed by atoms with E-state index in [1.807, 2.05) is 18.7 Å². The van der Waals surface area contributed by atoms with E-state index in [9.17, 15) is 4.79 Å². The number of amides is 1. The Morgan fingerprint density at radius 3 is 2.76 bits per heavy atom. The van der Waals surface area contributed by atoms with Crippen LogP contribution in [0.25, 0.3) is 0 Å². The zero-order valence-electron chi connectivity index (χ0n) is 11.5. The Balaban J connectivity index is 2.43. The van der Waals surface area contributed by atoms with E-state index in [1.165, 1.54) is 0 Å². The molecule has 0 aliphatic carbocycles. The summed E-state index contributed by atoms with van der Waals surface area (Å²) in [6, 6.07) is -0.0363. The minimum atomic E-state index is -0.0363. The number of nitrogens with one attached hydrogen (secondary N) is 1. The van der Waals surface area contributed by atoms with Gasteiger partial charge in [-0.25, -0.2) is 0 Å². The Bertz CT molecular complexity index is 244. The summed E-state index contributed by atoms with van der Waals surface area (Å²) in [6.45, 7) is 10.6. The van der Waals surface area contributed by atoms with Gasteiger partial charge in [0.1, 0.15) is 0 Å². The van der Waals surface area contributed by atoms with E-state index < -0.39 is 0 Å². The number of carbonyl (C=O) groups is 1. The molecule has 2 unspecified atom stereocenters. The number of hydrogen-bond acceptors (Lipinski definition) is 3. The highest BCUT2D eigenvalue weighted by Crippen LogP contribution is 2.17. The van der Waals surface area contributed by atoms with E-state index >= 15 is 0 Å². The fraction of sp³-hybridized carbons (Fsp3) is 0.923.